The molecule has 5 aliphatic rings. The molecule has 36 heavy (non-hydrogen) atoms. The molecule has 3 amide bonds. The molecule has 1 aromatic rings. The normalized spacial score (nSPS) is 33.3. The summed E-state index contributed by atoms with van der Waals surface area (Å²) < 4.78 is 0. The monoisotopic (exact) mass is 489 g/mol. The molecule has 0 bridgehead atoms. The number of hydrogen-bond donors (Lipinski definition) is 1. The standard InChI is InChI=1S/C28H35N5O3/c1-16(2)10-23(31(3)26(35)24-20-11-17(20)14-32(24)18-8-9-18)25(34)33-15-28(12-19(33)13-29)21-6-4-5-7-22(21)30-27(28)36/h4-7,16-20,23-24H,8-12,14-15H2,1-3H3,(H,30,36)/t17-,19+,20-,23+,24+,28+/m1/s1. The van der Waals surface area contributed by atoms with Crippen molar-refractivity contribution in [1.82, 2.24) is 14.7 Å². The van der Waals surface area contributed by atoms with Gasteiger partial charge in [-0.1, -0.05) is 32.0 Å². The van der Waals surface area contributed by atoms with Gasteiger partial charge in [-0.05, 0) is 55.1 Å². The first-order valence-electron chi connectivity index (χ1n) is 13.4. The summed E-state index contributed by atoms with van der Waals surface area (Å²) in [5.74, 6) is 0.889. The molecular formula is C28H35N5O3. The first kappa shape index (κ1) is 23.5. The third-order valence-corrected chi connectivity index (χ3v) is 9.17. The number of nitrogens with one attached hydrogen (secondary N) is 1. The topological polar surface area (TPSA) is 96.7 Å². The van der Waals surface area contributed by atoms with Crippen LogP contribution in [0.3, 0.4) is 0 Å². The highest BCUT2D eigenvalue weighted by Crippen LogP contribution is 2.53. The van der Waals surface area contributed by atoms with Gasteiger partial charge in [-0.2, -0.15) is 5.26 Å². The Morgan fingerprint density at radius 1 is 1.28 bits per heavy atom. The fourth-order valence-electron chi connectivity index (χ4n) is 7.02. The lowest BCUT2D eigenvalue weighted by atomic mass is 9.80. The minimum absolute atomic E-state index is 0.0391. The number of carbonyl (C=O) groups is 3. The van der Waals surface area contributed by atoms with Gasteiger partial charge in [0.05, 0.1) is 17.5 Å². The van der Waals surface area contributed by atoms with Gasteiger partial charge in [0.1, 0.15) is 12.1 Å². The van der Waals surface area contributed by atoms with E-state index in [2.05, 4.69) is 30.1 Å². The fourth-order valence-corrected chi connectivity index (χ4v) is 7.02. The molecule has 0 aromatic heterocycles. The highest BCUT2D eigenvalue weighted by molar-refractivity contribution is 6.07. The second-order valence-electron chi connectivity index (χ2n) is 12.0. The van der Waals surface area contributed by atoms with E-state index < -0.39 is 17.5 Å². The third-order valence-electron chi connectivity index (χ3n) is 9.17. The van der Waals surface area contributed by atoms with E-state index in [1.807, 2.05) is 24.3 Å². The predicted molar refractivity (Wildman–Crippen MR) is 134 cm³/mol. The minimum atomic E-state index is -0.924. The molecular weight excluding hydrogens is 454 g/mol. The van der Waals surface area contributed by atoms with Gasteiger partial charge in [0.15, 0.2) is 0 Å². The van der Waals surface area contributed by atoms with Crippen LogP contribution >= 0.6 is 0 Å². The summed E-state index contributed by atoms with van der Waals surface area (Å²) in [6.45, 7) is 5.26. The van der Waals surface area contributed by atoms with E-state index in [4.69, 9.17) is 0 Å². The number of likely N-dealkylation sites (tertiary alicyclic amines) is 2. The van der Waals surface area contributed by atoms with Crippen molar-refractivity contribution in [2.45, 2.75) is 75.5 Å². The number of hydrogen-bond acceptors (Lipinski definition) is 5. The second kappa shape index (κ2) is 8.31. The Kier molecular flexibility index (Phi) is 5.42. The Balaban J connectivity index is 1.27. The summed E-state index contributed by atoms with van der Waals surface area (Å²) in [6, 6.07) is 8.84. The quantitative estimate of drug-likeness (QED) is 0.662. The van der Waals surface area contributed by atoms with Crippen LogP contribution < -0.4 is 5.32 Å². The number of nitrogens with zero attached hydrogens (tertiary/aromatic N) is 4. The van der Waals surface area contributed by atoms with Crippen LogP contribution in [0.15, 0.2) is 24.3 Å². The number of para-hydroxylation sites is 1. The molecule has 1 N–H and O–H groups in total. The summed E-state index contributed by atoms with van der Waals surface area (Å²) in [5.41, 5.74) is 0.675. The van der Waals surface area contributed by atoms with Gasteiger partial charge >= 0.3 is 0 Å². The van der Waals surface area contributed by atoms with Gasteiger partial charge in [0, 0.05) is 38.3 Å². The zero-order valence-electron chi connectivity index (χ0n) is 21.3. The van der Waals surface area contributed by atoms with Gasteiger partial charge in [-0.15, -0.1) is 0 Å². The number of nitriles is 1. The third kappa shape index (κ3) is 3.54. The van der Waals surface area contributed by atoms with Gasteiger partial charge in [-0.3, -0.25) is 19.3 Å². The van der Waals surface area contributed by atoms with Gasteiger partial charge in [0.2, 0.25) is 17.7 Å². The maximum absolute atomic E-state index is 14.1. The zero-order valence-corrected chi connectivity index (χ0v) is 21.3. The molecule has 8 nitrogen and oxygen atoms in total. The summed E-state index contributed by atoms with van der Waals surface area (Å²) in [4.78, 5) is 46.8. The maximum atomic E-state index is 14.1. The molecule has 6 rings (SSSR count). The highest BCUT2D eigenvalue weighted by Gasteiger charge is 2.60. The second-order valence-corrected chi connectivity index (χ2v) is 12.0. The van der Waals surface area contributed by atoms with E-state index in [9.17, 15) is 19.6 Å². The van der Waals surface area contributed by atoms with Crippen LogP contribution in [0.5, 0.6) is 0 Å². The average Bonchev–Trinajstić information content (AvgIpc) is 3.76. The molecule has 0 unspecified atom stereocenters. The maximum Gasteiger partial charge on any atom is 0.246 e. The van der Waals surface area contributed by atoms with Crippen LogP contribution in [-0.2, 0) is 19.8 Å². The number of benzene rings is 1. The molecule has 6 atom stereocenters. The molecule has 0 radical (unpaired) electrons. The van der Waals surface area contributed by atoms with Crippen molar-refractivity contribution >= 4 is 23.4 Å². The number of likely N-dealkylation sites (N-methyl/N-ethyl adjacent to an activating group) is 1. The lowest BCUT2D eigenvalue weighted by molar-refractivity contribution is -0.148. The highest BCUT2D eigenvalue weighted by atomic mass is 16.2. The van der Waals surface area contributed by atoms with Crippen molar-refractivity contribution in [3.05, 3.63) is 29.8 Å². The number of rotatable bonds is 6. The zero-order chi connectivity index (χ0) is 25.4. The largest absolute Gasteiger partial charge is 0.332 e. The van der Waals surface area contributed by atoms with Gasteiger partial charge < -0.3 is 15.1 Å². The van der Waals surface area contributed by atoms with Crippen LogP contribution in [-0.4, -0.2) is 76.7 Å². The summed E-state index contributed by atoms with van der Waals surface area (Å²) in [7, 11) is 1.76. The number of piperidine rings is 1. The van der Waals surface area contributed by atoms with Crippen molar-refractivity contribution in [3.8, 4) is 6.07 Å². The summed E-state index contributed by atoms with van der Waals surface area (Å²) in [5, 5.41) is 13.0. The van der Waals surface area contributed by atoms with E-state index >= 15 is 0 Å². The SMILES string of the molecule is CC(C)C[C@@H](C(=O)N1C[C@]2(C[C@H]1C#N)C(=O)Nc1ccccc12)N(C)C(=O)[C@@H]1[C@@H]2C[C@@H]2CN1C1CC1. The summed E-state index contributed by atoms with van der Waals surface area (Å²) in [6.07, 6.45) is 4.22. The van der Waals surface area contributed by atoms with E-state index in [1.165, 1.54) is 0 Å². The molecule has 2 saturated carbocycles. The van der Waals surface area contributed by atoms with Crippen molar-refractivity contribution in [2.24, 2.45) is 17.8 Å². The van der Waals surface area contributed by atoms with E-state index in [0.717, 1.165) is 37.1 Å². The smallest absolute Gasteiger partial charge is 0.246 e. The molecule has 8 heteroatoms. The number of anilines is 1. The van der Waals surface area contributed by atoms with Crippen molar-refractivity contribution < 1.29 is 14.4 Å². The molecule has 3 aliphatic heterocycles. The lowest BCUT2D eigenvalue weighted by Crippen LogP contribution is -2.56. The van der Waals surface area contributed by atoms with Crippen LogP contribution in [0.1, 0.15) is 51.5 Å². The lowest BCUT2D eigenvalue weighted by Gasteiger charge is -2.36. The van der Waals surface area contributed by atoms with Gasteiger partial charge in [0.25, 0.3) is 0 Å². The molecule has 1 aromatic carbocycles. The average molecular weight is 490 g/mol. The minimum Gasteiger partial charge on any atom is -0.332 e. The van der Waals surface area contributed by atoms with Gasteiger partial charge in [-0.25, -0.2) is 0 Å². The molecule has 1 spiro atoms. The molecule has 4 fully saturated rings. The Labute approximate surface area is 212 Å². The van der Waals surface area contributed by atoms with Crippen LogP contribution in [0.2, 0.25) is 0 Å². The van der Waals surface area contributed by atoms with E-state index in [-0.39, 0.29) is 42.6 Å². The van der Waals surface area contributed by atoms with Crippen LogP contribution in [0.25, 0.3) is 0 Å². The molecule has 2 saturated heterocycles. The van der Waals surface area contributed by atoms with E-state index in [1.54, 1.807) is 16.8 Å². The first-order valence-corrected chi connectivity index (χ1v) is 13.4. The van der Waals surface area contributed by atoms with Crippen molar-refractivity contribution in [1.29, 1.82) is 5.26 Å². The van der Waals surface area contributed by atoms with Crippen molar-refractivity contribution in [2.75, 3.05) is 25.5 Å². The Morgan fingerprint density at radius 2 is 2.03 bits per heavy atom. The summed E-state index contributed by atoms with van der Waals surface area (Å²) >= 11 is 0. The van der Waals surface area contributed by atoms with E-state index in [0.29, 0.717) is 24.3 Å². The fraction of sp³-hybridized carbons (Fsp3) is 0.643. The molecule has 190 valence electrons. The Morgan fingerprint density at radius 3 is 2.72 bits per heavy atom. The predicted octanol–water partition coefficient (Wildman–Crippen LogP) is 2.36. The van der Waals surface area contributed by atoms with Crippen LogP contribution in [0.4, 0.5) is 5.69 Å². The number of fused-ring (bicyclic) bond motifs is 3. The Bertz CT molecular complexity index is 1160. The van der Waals surface area contributed by atoms with Crippen LogP contribution in [0, 0.1) is 29.1 Å². The first-order chi connectivity index (χ1) is 17.2. The number of carbonyl (C=O) groups excluding carboxylic acids is 3. The molecule has 2 aliphatic carbocycles. The number of amides is 3. The molecule has 3 heterocycles. The Hall–Kier alpha value is -2.92. The van der Waals surface area contributed by atoms with Crippen molar-refractivity contribution in [3.63, 3.8) is 0 Å².